The summed E-state index contributed by atoms with van der Waals surface area (Å²) in [5.41, 5.74) is -2.34. The van der Waals surface area contributed by atoms with Crippen molar-refractivity contribution >= 4 is 19.6 Å². The molecule has 13 nitrogen and oxygen atoms in total. The molecule has 1 aromatic carbocycles. The van der Waals surface area contributed by atoms with Gasteiger partial charge in [-0.2, -0.15) is 5.09 Å². The van der Waals surface area contributed by atoms with Crippen LogP contribution in [-0.4, -0.2) is 81.0 Å². The molecule has 1 amide bonds. The summed E-state index contributed by atoms with van der Waals surface area (Å²) in [6.07, 6.45) is -4.09. The lowest BCUT2D eigenvalue weighted by Gasteiger charge is -2.38. The molecule has 0 radical (unpaired) electrons. The predicted octanol–water partition coefficient (Wildman–Crippen LogP) is 0.475. The molecule has 2 aliphatic rings. The van der Waals surface area contributed by atoms with Crippen molar-refractivity contribution in [3.63, 3.8) is 0 Å². The third-order valence-electron chi connectivity index (χ3n) is 5.45. The number of benzene rings is 1. The molecule has 2 heterocycles. The topological polar surface area (TPSA) is 176 Å². The summed E-state index contributed by atoms with van der Waals surface area (Å²) in [7, 11) is -4.53. The number of amides is 1. The first-order valence-electron chi connectivity index (χ1n) is 11.4. The summed E-state index contributed by atoms with van der Waals surface area (Å²) in [6.45, 7) is 4.39. The van der Waals surface area contributed by atoms with Crippen molar-refractivity contribution in [1.82, 2.24) is 15.3 Å². The van der Waals surface area contributed by atoms with Crippen molar-refractivity contribution in [2.45, 2.75) is 70.0 Å². The number of aliphatic hydroxyl groups excluding tert-OH is 2. The van der Waals surface area contributed by atoms with E-state index in [1.807, 2.05) is 0 Å². The van der Waals surface area contributed by atoms with Gasteiger partial charge in [-0.1, -0.05) is 18.2 Å². The van der Waals surface area contributed by atoms with Crippen molar-refractivity contribution in [3.8, 4) is 5.75 Å². The molecule has 0 aliphatic carbocycles. The van der Waals surface area contributed by atoms with Crippen LogP contribution in [0.1, 0.15) is 27.7 Å². The molecule has 206 valence electrons. The van der Waals surface area contributed by atoms with Gasteiger partial charge in [0.05, 0.1) is 6.10 Å². The molecule has 1 fully saturated rings. The minimum absolute atomic E-state index is 0.0609. The zero-order valence-electron chi connectivity index (χ0n) is 20.6. The monoisotopic (exact) mass is 547 g/mol. The molecule has 2 aliphatic heterocycles. The highest BCUT2D eigenvalue weighted by Gasteiger charge is 2.65. The highest BCUT2D eigenvalue weighted by Crippen LogP contribution is 2.49. The van der Waals surface area contributed by atoms with Crippen molar-refractivity contribution in [1.29, 1.82) is 0 Å². The molecular formula is C22H31FN3O10P. The van der Waals surface area contributed by atoms with Crippen LogP contribution in [0.25, 0.3) is 0 Å². The van der Waals surface area contributed by atoms with Gasteiger partial charge in [0.25, 0.3) is 5.85 Å². The molecule has 0 aromatic heterocycles. The van der Waals surface area contributed by atoms with Gasteiger partial charge in [0.1, 0.15) is 30.1 Å². The van der Waals surface area contributed by atoms with E-state index in [2.05, 4.69) is 10.4 Å². The Balaban J connectivity index is 1.81. The van der Waals surface area contributed by atoms with Crippen molar-refractivity contribution < 1.29 is 52.4 Å². The van der Waals surface area contributed by atoms with E-state index in [0.29, 0.717) is 0 Å². The zero-order chi connectivity index (χ0) is 27.6. The van der Waals surface area contributed by atoms with Gasteiger partial charge < -0.3 is 39.5 Å². The second-order valence-corrected chi connectivity index (χ2v) is 10.7. The maximum Gasteiger partial charge on any atom is 0.459 e. The molecule has 7 atom stereocenters. The number of hydrogen-bond acceptors (Lipinski definition) is 11. The highest BCUT2D eigenvalue weighted by atomic mass is 31.2. The molecular weight excluding hydrogens is 516 g/mol. The smallest absolute Gasteiger partial charge is 0.459 e. The number of rotatable bonds is 10. The molecule has 1 unspecified atom stereocenters. The first kappa shape index (κ1) is 29.0. The Morgan fingerprint density at radius 3 is 2.54 bits per heavy atom. The molecule has 37 heavy (non-hydrogen) atoms. The number of alkyl halides is 1. The fraction of sp³-hybridized carbons (Fsp3) is 0.545. The number of aliphatic hydroxyl groups is 3. The summed E-state index contributed by atoms with van der Waals surface area (Å²) in [6, 6.07) is 6.50. The minimum atomic E-state index is -4.53. The molecule has 0 bridgehead atoms. The van der Waals surface area contributed by atoms with E-state index >= 15 is 4.39 Å². The number of nitrogens with zero attached hydrogens (tertiary/aromatic N) is 1. The van der Waals surface area contributed by atoms with Gasteiger partial charge in [0.2, 0.25) is 12.3 Å². The summed E-state index contributed by atoms with van der Waals surface area (Å²) in [4.78, 5) is 24.6. The number of ether oxygens (including phenoxy) is 2. The lowest BCUT2D eigenvalue weighted by atomic mass is 9.95. The van der Waals surface area contributed by atoms with Crippen molar-refractivity contribution in [2.75, 3.05) is 6.61 Å². The highest BCUT2D eigenvalue weighted by molar-refractivity contribution is 7.52. The van der Waals surface area contributed by atoms with Gasteiger partial charge in [-0.15, -0.1) is 0 Å². The van der Waals surface area contributed by atoms with E-state index in [4.69, 9.17) is 18.5 Å². The maximum atomic E-state index is 15.9. The van der Waals surface area contributed by atoms with Crippen LogP contribution in [0.2, 0.25) is 0 Å². The number of hydrogen-bond donors (Lipinski definition) is 5. The summed E-state index contributed by atoms with van der Waals surface area (Å²) in [5, 5.41) is 36.0. The van der Waals surface area contributed by atoms with E-state index in [1.165, 1.54) is 19.1 Å². The van der Waals surface area contributed by atoms with Crippen LogP contribution < -0.4 is 14.9 Å². The minimum Gasteiger partial charge on any atom is -0.462 e. The third-order valence-corrected chi connectivity index (χ3v) is 7.07. The van der Waals surface area contributed by atoms with E-state index in [1.54, 1.807) is 32.0 Å². The van der Waals surface area contributed by atoms with Crippen LogP contribution >= 0.6 is 7.75 Å². The number of carbonyl (C=O) groups excluding carboxylic acids is 2. The molecule has 1 saturated heterocycles. The zero-order valence-corrected chi connectivity index (χ0v) is 21.5. The summed E-state index contributed by atoms with van der Waals surface area (Å²) in [5.74, 6) is -4.53. The quantitative estimate of drug-likeness (QED) is 0.203. The van der Waals surface area contributed by atoms with Crippen molar-refractivity contribution in [2.24, 2.45) is 0 Å². The normalized spacial score (nSPS) is 32.1. The van der Waals surface area contributed by atoms with E-state index in [0.717, 1.165) is 24.1 Å². The third kappa shape index (κ3) is 6.65. The first-order chi connectivity index (χ1) is 17.2. The lowest BCUT2D eigenvalue weighted by Crippen LogP contribution is -2.59. The fourth-order valence-electron chi connectivity index (χ4n) is 3.62. The van der Waals surface area contributed by atoms with Crippen molar-refractivity contribution in [3.05, 3.63) is 42.6 Å². The number of esters is 1. The number of halogens is 1. The van der Waals surface area contributed by atoms with Crippen LogP contribution in [-0.2, 0) is 28.2 Å². The van der Waals surface area contributed by atoms with Crippen LogP contribution in [0.4, 0.5) is 4.39 Å². The molecule has 0 spiro atoms. The molecule has 0 saturated carbocycles. The van der Waals surface area contributed by atoms with Crippen LogP contribution in [0.5, 0.6) is 5.75 Å². The second kappa shape index (κ2) is 11.0. The Hall–Kier alpha value is -2.58. The average molecular weight is 547 g/mol. The second-order valence-electron chi connectivity index (χ2n) is 9.04. The van der Waals surface area contributed by atoms with E-state index in [-0.39, 0.29) is 5.75 Å². The van der Waals surface area contributed by atoms with Gasteiger partial charge in [0, 0.05) is 12.3 Å². The first-order valence-corrected chi connectivity index (χ1v) is 12.9. The maximum absolute atomic E-state index is 15.9. The Bertz CT molecular complexity index is 1060. The Kier molecular flexibility index (Phi) is 8.64. The summed E-state index contributed by atoms with van der Waals surface area (Å²) < 4.78 is 50.5. The molecule has 15 heteroatoms. The summed E-state index contributed by atoms with van der Waals surface area (Å²) >= 11 is 0. The standard InChI is InChI=1S/C22H31FN3O10P/c1-13(2)34-17(28)14(3)25-37(32,36-15-8-6-5-7-9-15)33-12-22(23)18(29)21(4,31)19(35-22)26-11-10-16(27)24-20(26)30/h5-11,13-14,18-20,29-31H,12H2,1-4H3,(H,24,27)(H,25,32)/t14-,18-,19+,20?,21+,22+,37-/m0/s1. The molecule has 3 rings (SSSR count). The van der Waals surface area contributed by atoms with Gasteiger partial charge >= 0.3 is 13.7 Å². The fourth-order valence-corrected chi connectivity index (χ4v) is 5.12. The Morgan fingerprint density at radius 1 is 1.30 bits per heavy atom. The molecule has 1 aromatic rings. The largest absolute Gasteiger partial charge is 0.462 e. The van der Waals surface area contributed by atoms with Gasteiger partial charge in [-0.3, -0.25) is 14.1 Å². The number of carbonyl (C=O) groups is 2. The van der Waals surface area contributed by atoms with Gasteiger partial charge in [0.15, 0.2) is 6.23 Å². The number of para-hydroxylation sites is 1. The Labute approximate surface area is 212 Å². The van der Waals surface area contributed by atoms with E-state index < -0.39 is 68.5 Å². The lowest BCUT2D eigenvalue weighted by molar-refractivity contribution is -0.226. The number of nitrogens with one attached hydrogen (secondary N) is 2. The average Bonchev–Trinajstić information content (AvgIpc) is 2.98. The van der Waals surface area contributed by atoms with E-state index in [9.17, 15) is 29.5 Å². The predicted molar refractivity (Wildman–Crippen MR) is 125 cm³/mol. The van der Waals surface area contributed by atoms with Gasteiger partial charge in [-0.25, -0.2) is 8.96 Å². The van der Waals surface area contributed by atoms with Crippen LogP contribution in [0.3, 0.4) is 0 Å². The van der Waals surface area contributed by atoms with Gasteiger partial charge in [-0.05, 0) is 39.8 Å². The van der Waals surface area contributed by atoms with Crippen LogP contribution in [0.15, 0.2) is 42.6 Å². The molecule has 5 N–H and O–H groups in total. The van der Waals surface area contributed by atoms with Crippen LogP contribution in [0, 0.1) is 0 Å². The SMILES string of the molecule is CC(C)OC(=O)[C@H](C)N[P@](=O)(OC[C@@]1(F)O[C@@H](N2C=CC(=O)NC2O)[C@](C)(O)[C@@H]1O)Oc1ccccc1. The Morgan fingerprint density at radius 2 is 1.95 bits per heavy atom.